The highest BCUT2D eigenvalue weighted by molar-refractivity contribution is 5.56. The van der Waals surface area contributed by atoms with Crippen molar-refractivity contribution in [3.05, 3.63) is 24.3 Å². The predicted molar refractivity (Wildman–Crippen MR) is 83.9 cm³/mol. The summed E-state index contributed by atoms with van der Waals surface area (Å²) < 4.78 is 0. The molecule has 1 saturated heterocycles. The van der Waals surface area contributed by atoms with E-state index in [9.17, 15) is 4.79 Å². The number of hydrogen-bond acceptors (Lipinski definition) is 6. The quantitative estimate of drug-likeness (QED) is 0.320. The van der Waals surface area contributed by atoms with Crippen LogP contribution in [0.3, 0.4) is 0 Å². The Balaban J connectivity index is 1.63. The van der Waals surface area contributed by atoms with Gasteiger partial charge in [0.2, 0.25) is 0 Å². The summed E-state index contributed by atoms with van der Waals surface area (Å²) in [7, 11) is 0. The topological polar surface area (TPSA) is 70.8 Å². The maximum atomic E-state index is 9.95. The zero-order chi connectivity index (χ0) is 14.9. The lowest BCUT2D eigenvalue weighted by atomic mass is 10.2. The van der Waals surface area contributed by atoms with E-state index in [1.54, 1.807) is 0 Å². The molecule has 0 spiro atoms. The van der Waals surface area contributed by atoms with Crippen molar-refractivity contribution in [2.45, 2.75) is 12.8 Å². The van der Waals surface area contributed by atoms with Gasteiger partial charge in [-0.3, -0.25) is 9.69 Å². The number of anilines is 2. The van der Waals surface area contributed by atoms with Crippen LogP contribution >= 0.6 is 0 Å². The van der Waals surface area contributed by atoms with Crippen LogP contribution in [0.1, 0.15) is 12.8 Å². The molecule has 0 unspecified atom stereocenters. The Morgan fingerprint density at radius 1 is 1.24 bits per heavy atom. The second kappa shape index (κ2) is 8.49. The molecule has 1 heterocycles. The van der Waals surface area contributed by atoms with E-state index in [1.165, 1.54) is 5.69 Å². The number of benzene rings is 1. The molecule has 0 aliphatic carbocycles. The average Bonchev–Trinajstić information content (AvgIpc) is 2.51. The number of carbonyl (C=O) groups is 1. The Morgan fingerprint density at radius 3 is 2.76 bits per heavy atom. The fourth-order valence-corrected chi connectivity index (χ4v) is 2.58. The smallest absolute Gasteiger partial charge is 0.312 e. The van der Waals surface area contributed by atoms with Gasteiger partial charge in [-0.25, -0.2) is 0 Å². The largest absolute Gasteiger partial charge is 0.399 e. The number of carbonyl (C=O) groups excluding carboxylic acids is 1. The number of nitrogens with zero attached hydrogens (tertiary/aromatic N) is 2. The number of piperazine rings is 1. The third kappa shape index (κ3) is 5.24. The van der Waals surface area contributed by atoms with Gasteiger partial charge in [0.15, 0.2) is 0 Å². The molecule has 0 aromatic heterocycles. The van der Waals surface area contributed by atoms with Crippen LogP contribution in [0, 0.1) is 0 Å². The Labute approximate surface area is 125 Å². The van der Waals surface area contributed by atoms with Crippen LogP contribution in [0.25, 0.3) is 0 Å². The molecule has 1 fully saturated rings. The summed E-state index contributed by atoms with van der Waals surface area (Å²) in [5.41, 5.74) is 10.5. The highest BCUT2D eigenvalue weighted by Crippen LogP contribution is 2.19. The standard InChI is InChI=1S/C15H24N4O2/c16-14-4-3-5-15(12-14)19-10-8-18(9-11-19)7-2-1-6-17-21-13-20/h3-5,12-13,17H,1-2,6-11,16H2. The molecule has 2 rings (SSSR count). The highest BCUT2D eigenvalue weighted by Gasteiger charge is 2.16. The summed E-state index contributed by atoms with van der Waals surface area (Å²) in [4.78, 5) is 19.2. The molecule has 1 aromatic carbocycles. The van der Waals surface area contributed by atoms with E-state index in [0.717, 1.165) is 51.3 Å². The van der Waals surface area contributed by atoms with Crippen LogP contribution in [0.4, 0.5) is 11.4 Å². The molecule has 0 amide bonds. The van der Waals surface area contributed by atoms with Crippen LogP contribution in [0.15, 0.2) is 24.3 Å². The normalized spacial score (nSPS) is 15.9. The van der Waals surface area contributed by atoms with Gasteiger partial charge < -0.3 is 15.5 Å². The molecule has 1 aliphatic rings. The second-order valence-electron chi connectivity index (χ2n) is 5.24. The van der Waals surface area contributed by atoms with E-state index in [2.05, 4.69) is 26.2 Å². The molecule has 6 nitrogen and oxygen atoms in total. The van der Waals surface area contributed by atoms with Crippen LogP contribution < -0.4 is 16.1 Å². The summed E-state index contributed by atoms with van der Waals surface area (Å²) in [6.45, 7) is 6.44. The molecule has 0 bridgehead atoms. The fourth-order valence-electron chi connectivity index (χ4n) is 2.58. The summed E-state index contributed by atoms with van der Waals surface area (Å²) in [5, 5.41) is 0. The molecule has 21 heavy (non-hydrogen) atoms. The maximum Gasteiger partial charge on any atom is 0.312 e. The van der Waals surface area contributed by atoms with Gasteiger partial charge in [0.1, 0.15) is 0 Å². The Morgan fingerprint density at radius 2 is 2.05 bits per heavy atom. The number of nitrogens with two attached hydrogens (primary N) is 1. The maximum absolute atomic E-state index is 9.95. The van der Waals surface area contributed by atoms with Crippen molar-refractivity contribution in [3.63, 3.8) is 0 Å². The molecular weight excluding hydrogens is 268 g/mol. The number of rotatable bonds is 8. The molecule has 0 saturated carbocycles. The third-order valence-electron chi connectivity index (χ3n) is 3.74. The molecule has 1 aliphatic heterocycles. The van der Waals surface area contributed by atoms with Gasteiger partial charge in [-0.1, -0.05) is 6.07 Å². The van der Waals surface area contributed by atoms with Crippen molar-refractivity contribution in [1.82, 2.24) is 10.4 Å². The Bertz CT molecular complexity index is 433. The number of unbranched alkanes of at least 4 members (excludes halogenated alkanes) is 1. The summed E-state index contributed by atoms with van der Waals surface area (Å²) in [5.74, 6) is 0. The number of hydrogen-bond donors (Lipinski definition) is 2. The van der Waals surface area contributed by atoms with Gasteiger partial charge in [0.05, 0.1) is 0 Å². The van der Waals surface area contributed by atoms with Crippen molar-refractivity contribution in [2.75, 3.05) is 49.9 Å². The fraction of sp³-hybridized carbons (Fsp3) is 0.533. The lowest BCUT2D eigenvalue weighted by Gasteiger charge is -2.36. The van der Waals surface area contributed by atoms with Crippen molar-refractivity contribution in [1.29, 1.82) is 0 Å². The Kier molecular flexibility index (Phi) is 6.30. The van der Waals surface area contributed by atoms with Crippen molar-refractivity contribution in [2.24, 2.45) is 0 Å². The van der Waals surface area contributed by atoms with Crippen LogP contribution in [0.5, 0.6) is 0 Å². The first-order valence-corrected chi connectivity index (χ1v) is 7.44. The number of nitrogens with one attached hydrogen (secondary N) is 1. The molecule has 116 valence electrons. The van der Waals surface area contributed by atoms with Crippen molar-refractivity contribution < 1.29 is 9.63 Å². The first-order chi connectivity index (χ1) is 10.3. The minimum absolute atomic E-state index is 0.412. The minimum atomic E-state index is 0.412. The van der Waals surface area contributed by atoms with Gasteiger partial charge in [-0.05, 0) is 37.6 Å². The van der Waals surface area contributed by atoms with Gasteiger partial charge >= 0.3 is 6.47 Å². The molecule has 1 aromatic rings. The van der Waals surface area contributed by atoms with Gasteiger partial charge in [0.25, 0.3) is 0 Å². The number of nitrogen functional groups attached to an aromatic ring is 1. The first kappa shape index (κ1) is 15.6. The first-order valence-electron chi connectivity index (χ1n) is 7.44. The van der Waals surface area contributed by atoms with Crippen molar-refractivity contribution in [3.8, 4) is 0 Å². The van der Waals surface area contributed by atoms with Crippen LogP contribution in [0.2, 0.25) is 0 Å². The lowest BCUT2D eigenvalue weighted by Crippen LogP contribution is -2.46. The summed E-state index contributed by atoms with van der Waals surface area (Å²) in [6.07, 6.45) is 2.11. The highest BCUT2D eigenvalue weighted by atomic mass is 16.7. The third-order valence-corrected chi connectivity index (χ3v) is 3.74. The van der Waals surface area contributed by atoms with Gasteiger partial charge in [-0.2, -0.15) is 5.48 Å². The monoisotopic (exact) mass is 292 g/mol. The molecule has 0 atom stereocenters. The van der Waals surface area contributed by atoms with E-state index in [1.807, 2.05) is 18.2 Å². The summed E-state index contributed by atoms with van der Waals surface area (Å²) in [6, 6.07) is 8.08. The second-order valence-corrected chi connectivity index (χ2v) is 5.24. The molecular formula is C15H24N4O2. The van der Waals surface area contributed by atoms with Crippen LogP contribution in [-0.4, -0.2) is 50.6 Å². The Hall–Kier alpha value is -1.79. The van der Waals surface area contributed by atoms with Crippen molar-refractivity contribution >= 4 is 17.8 Å². The van der Waals surface area contributed by atoms with Gasteiger partial charge in [-0.15, -0.1) is 0 Å². The van der Waals surface area contributed by atoms with E-state index in [0.29, 0.717) is 13.0 Å². The van der Waals surface area contributed by atoms with E-state index in [-0.39, 0.29) is 0 Å². The average molecular weight is 292 g/mol. The summed E-state index contributed by atoms with van der Waals surface area (Å²) >= 11 is 0. The zero-order valence-corrected chi connectivity index (χ0v) is 12.3. The van der Waals surface area contributed by atoms with E-state index < -0.39 is 0 Å². The molecule has 3 N–H and O–H groups in total. The lowest BCUT2D eigenvalue weighted by molar-refractivity contribution is -0.135. The SMILES string of the molecule is Nc1cccc(N2CCN(CCCCNOC=O)CC2)c1. The van der Waals surface area contributed by atoms with E-state index in [4.69, 9.17) is 5.73 Å². The number of hydroxylamine groups is 1. The van der Waals surface area contributed by atoms with E-state index >= 15 is 0 Å². The van der Waals surface area contributed by atoms with Crippen LogP contribution in [-0.2, 0) is 9.63 Å². The minimum Gasteiger partial charge on any atom is -0.399 e. The van der Waals surface area contributed by atoms with Gasteiger partial charge in [0, 0.05) is 44.1 Å². The zero-order valence-electron chi connectivity index (χ0n) is 12.3. The molecule has 0 radical (unpaired) electrons. The predicted octanol–water partition coefficient (Wildman–Crippen LogP) is 0.849. The molecule has 6 heteroatoms.